The first-order chi connectivity index (χ1) is 14.3. The number of phenols is 1. The smallest absolute Gasteiger partial charge is 0.412 e. The number of carbonyl (C=O) groups excluding carboxylic acids is 2. The largest absolute Gasteiger partial charge is 0.508 e. The van der Waals surface area contributed by atoms with Gasteiger partial charge in [0.2, 0.25) is 0 Å². The van der Waals surface area contributed by atoms with Crippen LogP contribution in [0.1, 0.15) is 31.4 Å². The van der Waals surface area contributed by atoms with Crippen molar-refractivity contribution in [3.8, 4) is 5.75 Å². The maximum absolute atomic E-state index is 12.5. The summed E-state index contributed by atoms with van der Waals surface area (Å²) in [6.45, 7) is 1.89. The molecule has 2 rings (SSSR count). The summed E-state index contributed by atoms with van der Waals surface area (Å²) in [4.78, 5) is 23.6. The van der Waals surface area contributed by atoms with Crippen LogP contribution in [0.15, 0.2) is 63.6 Å². The van der Waals surface area contributed by atoms with Crippen molar-refractivity contribution in [3.63, 3.8) is 0 Å². The van der Waals surface area contributed by atoms with Gasteiger partial charge < -0.3 is 9.84 Å². The van der Waals surface area contributed by atoms with E-state index in [1.54, 1.807) is 42.5 Å². The molecule has 2 aromatic carbocycles. The first-order valence-corrected chi connectivity index (χ1v) is 10.7. The molecule has 0 saturated carbocycles. The number of amides is 2. The van der Waals surface area contributed by atoms with Crippen LogP contribution in [0.2, 0.25) is 0 Å². The summed E-state index contributed by atoms with van der Waals surface area (Å²) in [5, 5.41) is 21.5. The number of hydroxylamine groups is 1. The average molecular weight is 542 g/mol. The lowest BCUT2D eigenvalue weighted by molar-refractivity contribution is -0.124. The molecule has 0 spiro atoms. The molecule has 4 N–H and O–H groups in total. The van der Waals surface area contributed by atoms with E-state index in [4.69, 9.17) is 9.94 Å². The Hall–Kier alpha value is -2.36. The Kier molecular flexibility index (Phi) is 9.35. The first kappa shape index (κ1) is 23.9. The second kappa shape index (κ2) is 11.7. The fourth-order valence-corrected chi connectivity index (χ4v) is 3.42. The average Bonchev–Trinajstić information content (AvgIpc) is 2.72. The summed E-state index contributed by atoms with van der Waals surface area (Å²) in [7, 11) is 0. The summed E-state index contributed by atoms with van der Waals surface area (Å²) in [6.07, 6.45) is 2.54. The standard InChI is InChI=1S/C21H22Br2N2O5/c1-13(4-2-3-5-19(27)25-29)20(17-12-15(23)8-11-18(17)26)30-21(28)24-16-9-6-14(22)7-10-16/h3,5-13,20,26,29H,2,4H2,1H3,(H,24,28)(H,25,27)/b5-3+/t13-,20-/m1/s1. The molecule has 0 aromatic heterocycles. The van der Waals surface area contributed by atoms with Crippen LogP contribution in [0, 0.1) is 5.92 Å². The number of rotatable bonds is 8. The number of anilines is 1. The second-order valence-electron chi connectivity index (χ2n) is 6.59. The molecule has 2 atom stereocenters. The molecule has 0 unspecified atom stereocenters. The van der Waals surface area contributed by atoms with Crippen LogP contribution in [0.25, 0.3) is 0 Å². The molecule has 7 nitrogen and oxygen atoms in total. The topological polar surface area (TPSA) is 108 Å². The van der Waals surface area contributed by atoms with Gasteiger partial charge in [0.05, 0.1) is 0 Å². The molecule has 0 aliphatic rings. The van der Waals surface area contributed by atoms with Crippen LogP contribution in [-0.4, -0.2) is 22.3 Å². The van der Waals surface area contributed by atoms with Gasteiger partial charge in [-0.05, 0) is 61.2 Å². The quantitative estimate of drug-likeness (QED) is 0.195. The predicted octanol–water partition coefficient (Wildman–Crippen LogP) is 5.68. The Morgan fingerprint density at radius 1 is 1.13 bits per heavy atom. The van der Waals surface area contributed by atoms with Gasteiger partial charge in [-0.1, -0.05) is 44.9 Å². The zero-order chi connectivity index (χ0) is 22.1. The summed E-state index contributed by atoms with van der Waals surface area (Å²) in [5.74, 6) is -0.779. The number of nitrogens with one attached hydrogen (secondary N) is 2. The highest BCUT2D eigenvalue weighted by molar-refractivity contribution is 9.10. The van der Waals surface area contributed by atoms with Gasteiger partial charge in [-0.25, -0.2) is 10.3 Å². The zero-order valence-corrected chi connectivity index (χ0v) is 19.3. The minimum absolute atomic E-state index is 0.0155. The van der Waals surface area contributed by atoms with Crippen LogP contribution >= 0.6 is 31.9 Å². The molecule has 9 heteroatoms. The van der Waals surface area contributed by atoms with Crippen molar-refractivity contribution in [2.45, 2.75) is 25.9 Å². The molecule has 0 saturated heterocycles. The second-order valence-corrected chi connectivity index (χ2v) is 8.43. The lowest BCUT2D eigenvalue weighted by Gasteiger charge is -2.25. The fourth-order valence-electron chi connectivity index (χ4n) is 2.77. The molecule has 0 aliphatic heterocycles. The molecule has 0 radical (unpaired) electrons. The van der Waals surface area contributed by atoms with Crippen molar-refractivity contribution in [2.24, 2.45) is 5.92 Å². The highest BCUT2D eigenvalue weighted by Crippen LogP contribution is 2.36. The summed E-state index contributed by atoms with van der Waals surface area (Å²) in [5.41, 5.74) is 2.57. The van der Waals surface area contributed by atoms with Gasteiger partial charge in [-0.15, -0.1) is 0 Å². The van der Waals surface area contributed by atoms with E-state index in [0.717, 1.165) is 8.95 Å². The van der Waals surface area contributed by atoms with E-state index < -0.39 is 18.1 Å². The van der Waals surface area contributed by atoms with Gasteiger partial charge in [-0.3, -0.25) is 15.3 Å². The van der Waals surface area contributed by atoms with Gasteiger partial charge in [-0.2, -0.15) is 0 Å². The van der Waals surface area contributed by atoms with Crippen molar-refractivity contribution in [3.05, 3.63) is 69.1 Å². The molecule has 0 heterocycles. The number of halogens is 2. The van der Waals surface area contributed by atoms with Gasteiger partial charge >= 0.3 is 6.09 Å². The molecule has 30 heavy (non-hydrogen) atoms. The van der Waals surface area contributed by atoms with E-state index in [9.17, 15) is 14.7 Å². The van der Waals surface area contributed by atoms with E-state index in [1.807, 2.05) is 6.92 Å². The molecule has 0 bridgehead atoms. The third-order valence-corrected chi connectivity index (χ3v) is 5.33. The zero-order valence-electron chi connectivity index (χ0n) is 16.1. The van der Waals surface area contributed by atoms with Crippen molar-refractivity contribution in [2.75, 3.05) is 5.32 Å². The van der Waals surface area contributed by atoms with Crippen LogP contribution < -0.4 is 10.8 Å². The summed E-state index contributed by atoms with van der Waals surface area (Å²) < 4.78 is 7.31. The number of allylic oxidation sites excluding steroid dienone is 1. The lowest BCUT2D eigenvalue weighted by Crippen LogP contribution is -2.22. The van der Waals surface area contributed by atoms with Gasteiger partial charge in [0.15, 0.2) is 0 Å². The number of ether oxygens (including phenoxy) is 1. The number of carbonyl (C=O) groups is 2. The summed E-state index contributed by atoms with van der Waals surface area (Å²) in [6, 6.07) is 12.0. The molecule has 0 fully saturated rings. The van der Waals surface area contributed by atoms with Crippen LogP contribution in [0.4, 0.5) is 10.5 Å². The Morgan fingerprint density at radius 2 is 1.80 bits per heavy atom. The number of phenolic OH excluding ortho intramolecular Hbond substituents is 1. The third kappa shape index (κ3) is 7.47. The minimum atomic E-state index is -0.724. The highest BCUT2D eigenvalue weighted by Gasteiger charge is 2.26. The number of aromatic hydroxyl groups is 1. The van der Waals surface area contributed by atoms with Crippen molar-refractivity contribution >= 4 is 49.5 Å². The first-order valence-electron chi connectivity index (χ1n) is 9.12. The molecule has 0 aliphatic carbocycles. The fraction of sp³-hybridized carbons (Fsp3) is 0.238. The maximum atomic E-state index is 12.5. The van der Waals surface area contributed by atoms with E-state index in [-0.39, 0.29) is 11.7 Å². The number of hydrogen-bond acceptors (Lipinski definition) is 5. The number of benzene rings is 2. The Bertz CT molecular complexity index is 903. The molecular weight excluding hydrogens is 520 g/mol. The molecule has 160 valence electrons. The summed E-state index contributed by atoms with van der Waals surface area (Å²) >= 11 is 6.72. The Morgan fingerprint density at radius 3 is 2.47 bits per heavy atom. The Balaban J connectivity index is 2.15. The van der Waals surface area contributed by atoms with Crippen molar-refractivity contribution in [1.29, 1.82) is 0 Å². The van der Waals surface area contributed by atoms with Gasteiger partial charge in [0.25, 0.3) is 5.91 Å². The number of hydrogen-bond donors (Lipinski definition) is 4. The van der Waals surface area contributed by atoms with E-state index in [0.29, 0.717) is 24.1 Å². The van der Waals surface area contributed by atoms with E-state index in [1.165, 1.54) is 17.6 Å². The van der Waals surface area contributed by atoms with Gasteiger partial charge in [0, 0.05) is 26.3 Å². The molecule has 2 amide bonds. The maximum Gasteiger partial charge on any atom is 0.412 e. The predicted molar refractivity (Wildman–Crippen MR) is 120 cm³/mol. The monoisotopic (exact) mass is 540 g/mol. The third-order valence-electron chi connectivity index (χ3n) is 4.31. The van der Waals surface area contributed by atoms with Crippen LogP contribution in [0.5, 0.6) is 5.75 Å². The highest BCUT2D eigenvalue weighted by atomic mass is 79.9. The normalized spacial score (nSPS) is 12.9. The lowest BCUT2D eigenvalue weighted by atomic mass is 9.92. The Labute approximate surface area is 191 Å². The van der Waals surface area contributed by atoms with Crippen LogP contribution in [-0.2, 0) is 9.53 Å². The van der Waals surface area contributed by atoms with Crippen molar-refractivity contribution in [1.82, 2.24) is 5.48 Å². The van der Waals surface area contributed by atoms with Crippen molar-refractivity contribution < 1.29 is 24.6 Å². The molecular formula is C21H22Br2N2O5. The minimum Gasteiger partial charge on any atom is -0.508 e. The SMILES string of the molecule is C[C@H](CC/C=C/C(=O)NO)[C@@H](OC(=O)Nc1ccc(Br)cc1)c1cc(Br)ccc1O. The molecule has 2 aromatic rings. The van der Waals surface area contributed by atoms with Gasteiger partial charge in [0.1, 0.15) is 11.9 Å². The van der Waals surface area contributed by atoms with E-state index >= 15 is 0 Å². The van der Waals surface area contributed by atoms with E-state index in [2.05, 4.69) is 37.2 Å². The van der Waals surface area contributed by atoms with Crippen LogP contribution in [0.3, 0.4) is 0 Å².